The molecule has 0 radical (unpaired) electrons. The molecule has 0 aromatic carbocycles. The van der Waals surface area contributed by atoms with E-state index in [4.69, 9.17) is 0 Å². The topological polar surface area (TPSA) is 71.8 Å². The predicted octanol–water partition coefficient (Wildman–Crippen LogP) is 1.03. The standard InChI is InChI=1S/C13H17N5OS/c1-18-8-9(5-16-18)13-15-7-11(20-13)12(19)17-10-3-2-4-14-6-10/h5,7-8,10,14H,2-4,6H2,1H3,(H,17,19)/t10-/m0/s1. The van der Waals surface area contributed by atoms with Crippen molar-refractivity contribution in [1.29, 1.82) is 0 Å². The Labute approximate surface area is 121 Å². The fraction of sp³-hybridized carbons (Fsp3) is 0.462. The summed E-state index contributed by atoms with van der Waals surface area (Å²) < 4.78 is 1.73. The van der Waals surface area contributed by atoms with Gasteiger partial charge in [0, 0.05) is 31.4 Å². The molecule has 1 saturated heterocycles. The second-order valence-corrected chi connectivity index (χ2v) is 5.98. The Hall–Kier alpha value is -1.73. The Balaban J connectivity index is 1.68. The van der Waals surface area contributed by atoms with Gasteiger partial charge in [0.2, 0.25) is 0 Å². The van der Waals surface area contributed by atoms with E-state index >= 15 is 0 Å². The minimum atomic E-state index is -0.0358. The van der Waals surface area contributed by atoms with E-state index in [2.05, 4.69) is 20.7 Å². The van der Waals surface area contributed by atoms with Gasteiger partial charge in [-0.3, -0.25) is 9.48 Å². The van der Waals surface area contributed by atoms with E-state index in [1.807, 2.05) is 13.2 Å². The van der Waals surface area contributed by atoms with Crippen LogP contribution >= 0.6 is 11.3 Å². The molecule has 6 nitrogen and oxygen atoms in total. The predicted molar refractivity (Wildman–Crippen MR) is 77.7 cm³/mol. The van der Waals surface area contributed by atoms with Gasteiger partial charge in [0.05, 0.1) is 12.4 Å². The highest BCUT2D eigenvalue weighted by Gasteiger charge is 2.18. The molecule has 7 heteroatoms. The molecule has 0 aliphatic carbocycles. The lowest BCUT2D eigenvalue weighted by Crippen LogP contribution is -2.45. The highest BCUT2D eigenvalue weighted by Crippen LogP contribution is 2.24. The number of aryl methyl sites for hydroxylation is 1. The van der Waals surface area contributed by atoms with Crippen LogP contribution in [0.5, 0.6) is 0 Å². The Morgan fingerprint density at radius 3 is 3.15 bits per heavy atom. The number of aromatic nitrogens is 3. The lowest BCUT2D eigenvalue weighted by Gasteiger charge is -2.23. The average Bonchev–Trinajstić information content (AvgIpc) is 3.08. The maximum atomic E-state index is 12.2. The van der Waals surface area contributed by atoms with E-state index in [0.717, 1.165) is 36.5 Å². The van der Waals surface area contributed by atoms with Gasteiger partial charge in [-0.15, -0.1) is 11.3 Å². The fourth-order valence-electron chi connectivity index (χ4n) is 2.28. The van der Waals surface area contributed by atoms with E-state index in [1.165, 1.54) is 11.3 Å². The van der Waals surface area contributed by atoms with E-state index in [-0.39, 0.29) is 11.9 Å². The first-order chi connectivity index (χ1) is 9.72. The number of carbonyl (C=O) groups is 1. The normalized spacial score (nSPS) is 18.9. The van der Waals surface area contributed by atoms with Crippen molar-refractivity contribution >= 4 is 17.2 Å². The van der Waals surface area contributed by atoms with Gasteiger partial charge in [-0.25, -0.2) is 4.98 Å². The van der Waals surface area contributed by atoms with Crippen molar-refractivity contribution in [3.8, 4) is 10.6 Å². The van der Waals surface area contributed by atoms with Crippen molar-refractivity contribution in [3.63, 3.8) is 0 Å². The van der Waals surface area contributed by atoms with Crippen LogP contribution in [0.1, 0.15) is 22.5 Å². The summed E-state index contributed by atoms with van der Waals surface area (Å²) in [5.41, 5.74) is 0.941. The zero-order valence-corrected chi connectivity index (χ0v) is 12.1. The fourth-order valence-corrected chi connectivity index (χ4v) is 3.07. The second kappa shape index (κ2) is 5.72. The van der Waals surface area contributed by atoms with Crippen molar-refractivity contribution in [3.05, 3.63) is 23.5 Å². The molecule has 20 heavy (non-hydrogen) atoms. The monoisotopic (exact) mass is 291 g/mol. The van der Waals surface area contributed by atoms with Crippen LogP contribution in [-0.4, -0.2) is 39.8 Å². The molecule has 1 aliphatic heterocycles. The summed E-state index contributed by atoms with van der Waals surface area (Å²) >= 11 is 1.40. The van der Waals surface area contributed by atoms with Crippen LogP contribution in [0, 0.1) is 0 Å². The van der Waals surface area contributed by atoms with Crippen LogP contribution < -0.4 is 10.6 Å². The smallest absolute Gasteiger partial charge is 0.263 e. The molecule has 2 aromatic heterocycles. The summed E-state index contributed by atoms with van der Waals surface area (Å²) in [6.07, 6.45) is 7.43. The first-order valence-electron chi connectivity index (χ1n) is 6.69. The second-order valence-electron chi connectivity index (χ2n) is 4.95. The number of rotatable bonds is 3. The first kappa shape index (κ1) is 13.3. The number of nitrogens with one attached hydrogen (secondary N) is 2. The van der Waals surface area contributed by atoms with Crippen LogP contribution in [0.4, 0.5) is 0 Å². The minimum absolute atomic E-state index is 0.0358. The van der Waals surface area contributed by atoms with Gasteiger partial charge < -0.3 is 10.6 Å². The van der Waals surface area contributed by atoms with E-state index in [9.17, 15) is 4.79 Å². The van der Waals surface area contributed by atoms with E-state index in [1.54, 1.807) is 17.1 Å². The number of carbonyl (C=O) groups excluding carboxylic acids is 1. The highest BCUT2D eigenvalue weighted by atomic mass is 32.1. The largest absolute Gasteiger partial charge is 0.347 e. The lowest BCUT2D eigenvalue weighted by molar-refractivity contribution is 0.0934. The zero-order chi connectivity index (χ0) is 13.9. The molecular formula is C13H17N5OS. The van der Waals surface area contributed by atoms with Gasteiger partial charge in [0.25, 0.3) is 5.91 Å². The third-order valence-corrected chi connectivity index (χ3v) is 4.36. The highest BCUT2D eigenvalue weighted by molar-refractivity contribution is 7.16. The summed E-state index contributed by atoms with van der Waals surface area (Å²) in [6.45, 7) is 1.89. The third kappa shape index (κ3) is 2.88. The molecule has 1 fully saturated rings. The molecule has 0 bridgehead atoms. The Morgan fingerprint density at radius 2 is 2.45 bits per heavy atom. The number of hydrogen-bond acceptors (Lipinski definition) is 5. The number of hydrogen-bond donors (Lipinski definition) is 2. The van der Waals surface area contributed by atoms with Gasteiger partial charge in [-0.1, -0.05) is 0 Å². The van der Waals surface area contributed by atoms with Crippen molar-refractivity contribution in [2.45, 2.75) is 18.9 Å². The number of nitrogens with zero attached hydrogens (tertiary/aromatic N) is 3. The number of amides is 1. The summed E-state index contributed by atoms with van der Waals surface area (Å²) in [4.78, 5) is 17.1. The number of piperidine rings is 1. The van der Waals surface area contributed by atoms with E-state index < -0.39 is 0 Å². The molecule has 3 heterocycles. The van der Waals surface area contributed by atoms with Crippen LogP contribution in [0.2, 0.25) is 0 Å². The van der Waals surface area contributed by atoms with Gasteiger partial charge in [0.15, 0.2) is 0 Å². The zero-order valence-electron chi connectivity index (χ0n) is 11.3. The van der Waals surface area contributed by atoms with Crippen molar-refractivity contribution < 1.29 is 4.79 Å². The molecule has 0 unspecified atom stereocenters. The average molecular weight is 291 g/mol. The molecular weight excluding hydrogens is 274 g/mol. The Kier molecular flexibility index (Phi) is 3.79. The summed E-state index contributed by atoms with van der Waals surface area (Å²) in [5.74, 6) is -0.0358. The minimum Gasteiger partial charge on any atom is -0.347 e. The molecule has 0 spiro atoms. The van der Waals surface area contributed by atoms with Crippen LogP contribution in [0.3, 0.4) is 0 Å². The SMILES string of the molecule is Cn1cc(-c2ncc(C(=O)N[C@H]3CCCNC3)s2)cn1. The molecule has 2 N–H and O–H groups in total. The molecule has 1 atom stereocenters. The molecule has 2 aromatic rings. The third-order valence-electron chi connectivity index (χ3n) is 3.31. The summed E-state index contributed by atoms with van der Waals surface area (Å²) in [7, 11) is 1.86. The van der Waals surface area contributed by atoms with Crippen molar-refractivity contribution in [2.75, 3.05) is 13.1 Å². The molecule has 1 amide bonds. The van der Waals surface area contributed by atoms with Crippen LogP contribution in [-0.2, 0) is 7.05 Å². The first-order valence-corrected chi connectivity index (χ1v) is 7.50. The molecule has 0 saturated carbocycles. The van der Waals surface area contributed by atoms with Gasteiger partial charge in [-0.05, 0) is 19.4 Å². The summed E-state index contributed by atoms with van der Waals surface area (Å²) in [6, 6.07) is 0.222. The van der Waals surface area contributed by atoms with E-state index in [0.29, 0.717) is 4.88 Å². The molecule has 3 rings (SSSR count). The van der Waals surface area contributed by atoms with Gasteiger partial charge in [-0.2, -0.15) is 5.10 Å². The molecule has 1 aliphatic rings. The maximum Gasteiger partial charge on any atom is 0.263 e. The maximum absolute atomic E-state index is 12.2. The molecule has 106 valence electrons. The number of thiazole rings is 1. The Bertz CT molecular complexity index is 599. The van der Waals surface area contributed by atoms with Crippen LogP contribution in [0.15, 0.2) is 18.6 Å². The Morgan fingerprint density at radius 1 is 1.55 bits per heavy atom. The summed E-state index contributed by atoms with van der Waals surface area (Å²) in [5, 5.41) is 11.3. The van der Waals surface area contributed by atoms with Gasteiger partial charge in [0.1, 0.15) is 9.88 Å². The van der Waals surface area contributed by atoms with Crippen LogP contribution in [0.25, 0.3) is 10.6 Å². The van der Waals surface area contributed by atoms with Crippen molar-refractivity contribution in [2.24, 2.45) is 7.05 Å². The quantitative estimate of drug-likeness (QED) is 0.886. The van der Waals surface area contributed by atoms with Crippen molar-refractivity contribution in [1.82, 2.24) is 25.4 Å². The lowest BCUT2D eigenvalue weighted by atomic mass is 10.1. The van der Waals surface area contributed by atoms with Gasteiger partial charge >= 0.3 is 0 Å².